The van der Waals surface area contributed by atoms with Crippen molar-refractivity contribution < 1.29 is 14.6 Å². The number of aliphatic hydroxyl groups is 1. The van der Waals surface area contributed by atoms with Gasteiger partial charge in [-0.05, 0) is 20.0 Å². The number of hydrogen-bond acceptors (Lipinski definition) is 5. The number of nitrogens with zero attached hydrogens (tertiary/aromatic N) is 2. The minimum atomic E-state index is -0.407. The number of rotatable bonds is 8. The Bertz CT molecular complexity index is 226. The SMILES string of the molecule is COCCOCC(O)CN1CC(C)C(N(C)C)C1. The van der Waals surface area contributed by atoms with Gasteiger partial charge >= 0.3 is 0 Å². The molecular formula is C13H28N2O3. The van der Waals surface area contributed by atoms with E-state index in [2.05, 4.69) is 30.8 Å². The summed E-state index contributed by atoms with van der Waals surface area (Å²) in [7, 11) is 5.89. The Balaban J connectivity index is 2.19. The van der Waals surface area contributed by atoms with Crippen LogP contribution < -0.4 is 0 Å². The van der Waals surface area contributed by atoms with Gasteiger partial charge in [-0.1, -0.05) is 6.92 Å². The van der Waals surface area contributed by atoms with Crippen LogP contribution in [0.2, 0.25) is 0 Å². The van der Waals surface area contributed by atoms with Crippen molar-refractivity contribution in [1.29, 1.82) is 0 Å². The van der Waals surface area contributed by atoms with E-state index in [0.29, 0.717) is 38.3 Å². The zero-order chi connectivity index (χ0) is 13.5. The van der Waals surface area contributed by atoms with Gasteiger partial charge in [0.15, 0.2) is 0 Å². The quantitative estimate of drug-likeness (QED) is 0.617. The highest BCUT2D eigenvalue weighted by Crippen LogP contribution is 2.19. The van der Waals surface area contributed by atoms with E-state index in [-0.39, 0.29) is 0 Å². The van der Waals surface area contributed by atoms with E-state index < -0.39 is 6.10 Å². The molecule has 0 aromatic heterocycles. The second-order valence-corrected chi connectivity index (χ2v) is 5.45. The fourth-order valence-corrected chi connectivity index (χ4v) is 2.58. The fraction of sp³-hybridized carbons (Fsp3) is 1.00. The van der Waals surface area contributed by atoms with E-state index in [0.717, 1.165) is 13.1 Å². The number of likely N-dealkylation sites (tertiary alicyclic amines) is 1. The van der Waals surface area contributed by atoms with Gasteiger partial charge in [-0.15, -0.1) is 0 Å². The second kappa shape index (κ2) is 8.07. The summed E-state index contributed by atoms with van der Waals surface area (Å²) in [4.78, 5) is 4.59. The van der Waals surface area contributed by atoms with Crippen LogP contribution in [0, 0.1) is 5.92 Å². The third-order valence-electron chi connectivity index (χ3n) is 3.52. The van der Waals surface area contributed by atoms with Crippen molar-refractivity contribution in [3.05, 3.63) is 0 Å². The largest absolute Gasteiger partial charge is 0.389 e. The van der Waals surface area contributed by atoms with Crippen molar-refractivity contribution in [2.45, 2.75) is 19.1 Å². The van der Waals surface area contributed by atoms with Crippen LogP contribution in [0.25, 0.3) is 0 Å². The first-order valence-corrected chi connectivity index (χ1v) is 6.68. The molecule has 1 N–H and O–H groups in total. The van der Waals surface area contributed by atoms with Crippen LogP contribution >= 0.6 is 0 Å². The highest BCUT2D eigenvalue weighted by Gasteiger charge is 2.31. The van der Waals surface area contributed by atoms with Crippen LogP contribution in [-0.2, 0) is 9.47 Å². The summed E-state index contributed by atoms with van der Waals surface area (Å²) in [6, 6.07) is 0.589. The molecular weight excluding hydrogens is 232 g/mol. The van der Waals surface area contributed by atoms with E-state index in [4.69, 9.17) is 9.47 Å². The van der Waals surface area contributed by atoms with Crippen LogP contribution in [0.5, 0.6) is 0 Å². The topological polar surface area (TPSA) is 45.2 Å². The van der Waals surface area contributed by atoms with Crippen LogP contribution in [0.4, 0.5) is 0 Å². The maximum atomic E-state index is 9.90. The number of methoxy groups -OCH3 is 1. The summed E-state index contributed by atoms with van der Waals surface area (Å²) < 4.78 is 10.2. The Kier molecular flexibility index (Phi) is 7.11. The first-order chi connectivity index (χ1) is 8.54. The molecule has 1 rings (SSSR count). The minimum absolute atomic E-state index is 0.390. The highest BCUT2D eigenvalue weighted by molar-refractivity contribution is 4.87. The molecule has 18 heavy (non-hydrogen) atoms. The molecule has 1 heterocycles. The number of β-amino-alcohol motifs (C(OH)–C–C–N with tert-alkyl or cyclic N) is 1. The average Bonchev–Trinajstić information content (AvgIpc) is 2.66. The zero-order valence-corrected chi connectivity index (χ0v) is 12.1. The van der Waals surface area contributed by atoms with Crippen molar-refractivity contribution >= 4 is 0 Å². The lowest BCUT2D eigenvalue weighted by molar-refractivity contribution is 0.00143. The third kappa shape index (κ3) is 5.20. The van der Waals surface area contributed by atoms with E-state index in [9.17, 15) is 5.11 Å². The molecule has 0 saturated carbocycles. The highest BCUT2D eigenvalue weighted by atomic mass is 16.5. The van der Waals surface area contributed by atoms with Crippen molar-refractivity contribution in [1.82, 2.24) is 9.80 Å². The normalized spacial score (nSPS) is 27.0. The first kappa shape index (κ1) is 15.9. The van der Waals surface area contributed by atoms with Gasteiger partial charge in [0.05, 0.1) is 25.9 Å². The molecule has 108 valence electrons. The Labute approximate surface area is 111 Å². The van der Waals surface area contributed by atoms with Crippen molar-refractivity contribution in [2.24, 2.45) is 5.92 Å². The van der Waals surface area contributed by atoms with Gasteiger partial charge in [0.25, 0.3) is 0 Å². The summed E-state index contributed by atoms with van der Waals surface area (Å²) in [5, 5.41) is 9.90. The minimum Gasteiger partial charge on any atom is -0.389 e. The van der Waals surface area contributed by atoms with Gasteiger partial charge < -0.3 is 19.5 Å². The maximum absolute atomic E-state index is 9.90. The van der Waals surface area contributed by atoms with Gasteiger partial charge in [0.1, 0.15) is 0 Å². The molecule has 0 aromatic rings. The Morgan fingerprint density at radius 2 is 2.06 bits per heavy atom. The third-order valence-corrected chi connectivity index (χ3v) is 3.52. The van der Waals surface area contributed by atoms with Gasteiger partial charge in [-0.3, -0.25) is 4.90 Å². The van der Waals surface area contributed by atoms with Crippen LogP contribution in [0.3, 0.4) is 0 Å². The van der Waals surface area contributed by atoms with Crippen molar-refractivity contribution in [2.75, 3.05) is 60.7 Å². The van der Waals surface area contributed by atoms with Crippen LogP contribution in [0.1, 0.15) is 6.92 Å². The molecule has 5 heteroatoms. The van der Waals surface area contributed by atoms with Gasteiger partial charge in [0, 0.05) is 32.8 Å². The first-order valence-electron chi connectivity index (χ1n) is 6.68. The average molecular weight is 260 g/mol. The molecule has 0 spiro atoms. The lowest BCUT2D eigenvalue weighted by atomic mass is 10.1. The fourth-order valence-electron chi connectivity index (χ4n) is 2.58. The molecule has 1 fully saturated rings. The molecule has 1 aliphatic rings. The molecule has 0 bridgehead atoms. The summed E-state index contributed by atoms with van der Waals surface area (Å²) in [5.74, 6) is 0.654. The zero-order valence-electron chi connectivity index (χ0n) is 12.1. The Morgan fingerprint density at radius 1 is 1.33 bits per heavy atom. The lowest BCUT2D eigenvalue weighted by Gasteiger charge is -2.23. The molecule has 1 aliphatic heterocycles. The summed E-state index contributed by atoms with van der Waals surface area (Å²) in [5.41, 5.74) is 0. The predicted molar refractivity (Wildman–Crippen MR) is 71.8 cm³/mol. The predicted octanol–water partition coefficient (Wildman–Crippen LogP) is -0.108. The Morgan fingerprint density at radius 3 is 2.61 bits per heavy atom. The molecule has 0 aromatic carbocycles. The molecule has 0 radical (unpaired) electrons. The van der Waals surface area contributed by atoms with Gasteiger partial charge in [-0.25, -0.2) is 0 Å². The van der Waals surface area contributed by atoms with Crippen molar-refractivity contribution in [3.8, 4) is 0 Å². The number of likely N-dealkylation sites (N-methyl/N-ethyl adjacent to an activating group) is 1. The van der Waals surface area contributed by atoms with E-state index in [1.54, 1.807) is 7.11 Å². The summed E-state index contributed by atoms with van der Waals surface area (Å²) >= 11 is 0. The van der Waals surface area contributed by atoms with Crippen LogP contribution in [0.15, 0.2) is 0 Å². The molecule has 0 aliphatic carbocycles. The van der Waals surface area contributed by atoms with E-state index >= 15 is 0 Å². The molecule has 0 amide bonds. The maximum Gasteiger partial charge on any atom is 0.0900 e. The molecule has 3 unspecified atom stereocenters. The van der Waals surface area contributed by atoms with Gasteiger partial charge in [-0.2, -0.15) is 0 Å². The van der Waals surface area contributed by atoms with E-state index in [1.807, 2.05) is 0 Å². The molecule has 3 atom stereocenters. The lowest BCUT2D eigenvalue weighted by Crippen LogP contribution is -2.37. The number of ether oxygens (including phenoxy) is 2. The molecule has 1 saturated heterocycles. The number of aliphatic hydroxyl groups excluding tert-OH is 1. The smallest absolute Gasteiger partial charge is 0.0900 e. The Hall–Kier alpha value is -0.200. The van der Waals surface area contributed by atoms with Crippen LogP contribution in [-0.4, -0.2) is 87.7 Å². The second-order valence-electron chi connectivity index (χ2n) is 5.45. The molecule has 5 nitrogen and oxygen atoms in total. The summed E-state index contributed by atoms with van der Waals surface area (Å²) in [6.07, 6.45) is -0.407. The van der Waals surface area contributed by atoms with Crippen molar-refractivity contribution in [3.63, 3.8) is 0 Å². The monoisotopic (exact) mass is 260 g/mol. The van der Waals surface area contributed by atoms with E-state index in [1.165, 1.54) is 0 Å². The van der Waals surface area contributed by atoms with Gasteiger partial charge in [0.2, 0.25) is 0 Å². The summed E-state index contributed by atoms with van der Waals surface area (Å²) in [6.45, 7) is 6.57. The standard InChI is InChI=1S/C13H28N2O3/c1-11-7-15(9-13(11)14(2)3)8-12(16)10-18-6-5-17-4/h11-13,16H,5-10H2,1-4H3. The number of hydrogen-bond donors (Lipinski definition) is 1.